The minimum atomic E-state index is -1.20. The van der Waals surface area contributed by atoms with Crippen molar-refractivity contribution in [1.29, 1.82) is 0 Å². The van der Waals surface area contributed by atoms with Crippen molar-refractivity contribution < 1.29 is 14.0 Å². The van der Waals surface area contributed by atoms with Crippen LogP contribution in [-0.2, 0) is 17.9 Å². The van der Waals surface area contributed by atoms with Crippen LogP contribution in [0.4, 0.5) is 4.39 Å². The van der Waals surface area contributed by atoms with Gasteiger partial charge in [0.2, 0.25) is 5.91 Å². The van der Waals surface area contributed by atoms with E-state index < -0.39 is 11.4 Å². The Labute approximate surface area is 199 Å². The Hall–Kier alpha value is -3.22. The maximum Gasteiger partial charge on any atom is 0.291 e. The molecule has 1 aliphatic heterocycles. The quantitative estimate of drug-likeness (QED) is 0.619. The third-order valence-electron chi connectivity index (χ3n) is 7.95. The molecule has 5 rings (SSSR count). The van der Waals surface area contributed by atoms with E-state index in [0.717, 1.165) is 24.8 Å². The Morgan fingerprint density at radius 3 is 2.68 bits per heavy atom. The van der Waals surface area contributed by atoms with Gasteiger partial charge < -0.3 is 14.8 Å². The van der Waals surface area contributed by atoms with Crippen molar-refractivity contribution >= 4 is 22.8 Å². The number of halogens is 1. The Kier molecular flexibility index (Phi) is 5.66. The fourth-order valence-corrected chi connectivity index (χ4v) is 5.48. The fraction of sp³-hybridized carbons (Fsp3) is 0.444. The van der Waals surface area contributed by atoms with Gasteiger partial charge in [-0.15, -0.1) is 0 Å². The van der Waals surface area contributed by atoms with Gasteiger partial charge in [0.15, 0.2) is 5.82 Å². The number of aromatic nitrogens is 2. The molecule has 34 heavy (non-hydrogen) atoms. The van der Waals surface area contributed by atoms with Gasteiger partial charge in [-0.25, -0.2) is 9.37 Å². The Balaban J connectivity index is 1.55. The molecule has 3 aromatic rings. The van der Waals surface area contributed by atoms with E-state index in [1.54, 1.807) is 25.1 Å². The molecule has 0 bridgehead atoms. The molecule has 1 aromatic heterocycles. The van der Waals surface area contributed by atoms with Crippen LogP contribution in [-0.4, -0.2) is 37.8 Å². The smallest absolute Gasteiger partial charge is 0.291 e. The summed E-state index contributed by atoms with van der Waals surface area (Å²) in [7, 11) is 0. The molecule has 0 radical (unpaired) electrons. The third kappa shape index (κ3) is 3.67. The molecule has 1 saturated carbocycles. The minimum absolute atomic E-state index is 0.00471. The maximum atomic E-state index is 14.6. The van der Waals surface area contributed by atoms with Gasteiger partial charge in [-0.05, 0) is 43.4 Å². The van der Waals surface area contributed by atoms with Crippen LogP contribution in [0.5, 0.6) is 0 Å². The fourth-order valence-electron chi connectivity index (χ4n) is 5.48. The van der Waals surface area contributed by atoms with E-state index >= 15 is 0 Å². The highest BCUT2D eigenvalue weighted by Gasteiger charge is 2.49. The lowest BCUT2D eigenvalue weighted by atomic mass is 9.77. The highest BCUT2D eigenvalue weighted by atomic mass is 19.1. The molecular weight excluding hydrogens is 431 g/mol. The van der Waals surface area contributed by atoms with Crippen molar-refractivity contribution in [3.8, 4) is 0 Å². The molecule has 1 aliphatic carbocycles. The van der Waals surface area contributed by atoms with Crippen molar-refractivity contribution in [2.45, 2.75) is 64.7 Å². The average molecular weight is 463 g/mol. The highest BCUT2D eigenvalue weighted by Crippen LogP contribution is 2.34. The molecule has 1 N–H and O–H groups in total. The highest BCUT2D eigenvalue weighted by molar-refractivity contribution is 6.01. The molecule has 6 nitrogen and oxygen atoms in total. The van der Waals surface area contributed by atoms with Gasteiger partial charge in [0, 0.05) is 11.6 Å². The SMILES string of the molecule is C[C@@H]1[C@H](C)CCC[C@@H]1NC(=O)[C@@]1(C)Cn2c(nc3ccccc32)C(=O)N1Cc1ccccc1F. The number of nitrogens with zero attached hydrogens (tertiary/aromatic N) is 3. The van der Waals surface area contributed by atoms with Crippen molar-refractivity contribution in [3.63, 3.8) is 0 Å². The van der Waals surface area contributed by atoms with Gasteiger partial charge in [0.25, 0.3) is 5.91 Å². The summed E-state index contributed by atoms with van der Waals surface area (Å²) in [5.41, 5.74) is 0.696. The number of carbonyl (C=O) groups excluding carboxylic acids is 2. The number of rotatable bonds is 4. The monoisotopic (exact) mass is 462 g/mol. The second kappa shape index (κ2) is 8.53. The minimum Gasteiger partial charge on any atom is -0.351 e. The largest absolute Gasteiger partial charge is 0.351 e. The van der Waals surface area contributed by atoms with E-state index in [-0.39, 0.29) is 36.8 Å². The molecule has 2 amide bonds. The van der Waals surface area contributed by atoms with Crippen LogP contribution in [0.1, 0.15) is 56.2 Å². The van der Waals surface area contributed by atoms with Crippen molar-refractivity contribution in [3.05, 3.63) is 65.7 Å². The third-order valence-corrected chi connectivity index (χ3v) is 7.95. The molecule has 4 atom stereocenters. The summed E-state index contributed by atoms with van der Waals surface area (Å²) in [4.78, 5) is 33.7. The average Bonchev–Trinajstić information content (AvgIpc) is 3.19. The van der Waals surface area contributed by atoms with Crippen LogP contribution in [0.25, 0.3) is 11.0 Å². The molecule has 0 unspecified atom stereocenters. The standard InChI is InChI=1S/C27H31FN4O2/c1-17-9-8-13-21(18(17)2)30-26(34)27(3)16-31-23-14-7-6-12-22(23)29-24(31)25(33)32(27)15-19-10-4-5-11-20(19)28/h4-7,10-12,14,17-18,21H,8-9,13,15-16H2,1-3H3,(H,30,34)/t17-,18-,21+,27-/m1/s1. The number of hydrogen-bond donors (Lipinski definition) is 1. The number of amides is 2. The summed E-state index contributed by atoms with van der Waals surface area (Å²) in [6, 6.07) is 14.0. The molecule has 2 aromatic carbocycles. The predicted octanol–water partition coefficient (Wildman–Crippen LogP) is 4.53. The second-order valence-corrected chi connectivity index (χ2v) is 10.1. The summed E-state index contributed by atoms with van der Waals surface area (Å²) in [5, 5.41) is 3.27. The van der Waals surface area contributed by atoms with Gasteiger partial charge in [-0.3, -0.25) is 9.59 Å². The number of benzene rings is 2. The molecule has 2 heterocycles. The zero-order valence-electron chi connectivity index (χ0n) is 19.9. The molecule has 7 heteroatoms. The van der Waals surface area contributed by atoms with Crippen molar-refractivity contribution in [2.75, 3.05) is 0 Å². The summed E-state index contributed by atoms with van der Waals surface area (Å²) in [5.74, 6) is 0.193. The zero-order chi connectivity index (χ0) is 24.0. The molecular formula is C27H31FN4O2. The number of hydrogen-bond acceptors (Lipinski definition) is 3. The Morgan fingerprint density at radius 2 is 1.88 bits per heavy atom. The first kappa shape index (κ1) is 22.6. The predicted molar refractivity (Wildman–Crippen MR) is 129 cm³/mol. The van der Waals surface area contributed by atoms with Crippen LogP contribution in [0.15, 0.2) is 48.5 Å². The van der Waals surface area contributed by atoms with E-state index in [0.29, 0.717) is 22.9 Å². The molecule has 178 valence electrons. The van der Waals surface area contributed by atoms with Crippen LogP contribution in [0.2, 0.25) is 0 Å². The van der Waals surface area contributed by atoms with Gasteiger partial charge in [-0.2, -0.15) is 0 Å². The molecule has 0 spiro atoms. The number of para-hydroxylation sites is 2. The first-order valence-corrected chi connectivity index (χ1v) is 12.1. The zero-order valence-corrected chi connectivity index (χ0v) is 19.9. The topological polar surface area (TPSA) is 67.2 Å². The normalized spacial score (nSPS) is 27.0. The van der Waals surface area contributed by atoms with E-state index in [1.807, 2.05) is 28.8 Å². The number of nitrogens with one attached hydrogen (secondary N) is 1. The summed E-state index contributed by atoms with van der Waals surface area (Å²) < 4.78 is 16.4. The van der Waals surface area contributed by atoms with Gasteiger partial charge in [0.05, 0.1) is 24.1 Å². The number of imidazole rings is 1. The Morgan fingerprint density at radius 1 is 1.15 bits per heavy atom. The molecule has 2 aliphatic rings. The van der Waals surface area contributed by atoms with Crippen LogP contribution >= 0.6 is 0 Å². The Bertz CT molecular complexity index is 1250. The van der Waals surface area contributed by atoms with E-state index in [9.17, 15) is 14.0 Å². The van der Waals surface area contributed by atoms with Gasteiger partial charge >= 0.3 is 0 Å². The van der Waals surface area contributed by atoms with E-state index in [4.69, 9.17) is 0 Å². The van der Waals surface area contributed by atoms with Gasteiger partial charge in [0.1, 0.15) is 11.4 Å². The molecule has 0 saturated heterocycles. The molecule has 1 fully saturated rings. The second-order valence-electron chi connectivity index (χ2n) is 10.1. The van der Waals surface area contributed by atoms with Crippen LogP contribution in [0.3, 0.4) is 0 Å². The van der Waals surface area contributed by atoms with Crippen LogP contribution in [0, 0.1) is 17.7 Å². The lowest BCUT2D eigenvalue weighted by Crippen LogP contribution is -2.65. The first-order valence-electron chi connectivity index (χ1n) is 12.1. The number of fused-ring (bicyclic) bond motifs is 3. The van der Waals surface area contributed by atoms with E-state index in [2.05, 4.69) is 24.1 Å². The van der Waals surface area contributed by atoms with Crippen molar-refractivity contribution in [2.24, 2.45) is 11.8 Å². The van der Waals surface area contributed by atoms with Gasteiger partial charge in [-0.1, -0.05) is 57.0 Å². The first-order chi connectivity index (χ1) is 16.3. The lowest BCUT2D eigenvalue weighted by Gasteiger charge is -2.45. The van der Waals surface area contributed by atoms with Crippen LogP contribution < -0.4 is 5.32 Å². The summed E-state index contributed by atoms with van der Waals surface area (Å²) in [6.07, 6.45) is 3.16. The maximum absolute atomic E-state index is 14.6. The lowest BCUT2D eigenvalue weighted by molar-refractivity contribution is -0.134. The number of carbonyl (C=O) groups is 2. The van der Waals surface area contributed by atoms with E-state index in [1.165, 1.54) is 11.0 Å². The summed E-state index contributed by atoms with van der Waals surface area (Å²) in [6.45, 7) is 6.45. The van der Waals surface area contributed by atoms with Crippen molar-refractivity contribution in [1.82, 2.24) is 19.8 Å². The summed E-state index contributed by atoms with van der Waals surface area (Å²) >= 11 is 0.